The minimum Gasteiger partial charge on any atom is -0.762 e. The van der Waals surface area contributed by atoms with E-state index in [9.17, 15) is 0 Å². The van der Waals surface area contributed by atoms with Gasteiger partial charge in [-0.05, 0) is 12.5 Å². The van der Waals surface area contributed by atoms with E-state index in [1.165, 1.54) is 0 Å². The highest BCUT2D eigenvalue weighted by Gasteiger charge is 1.95. The van der Waals surface area contributed by atoms with E-state index >= 15 is 0 Å². The average molecular weight is 155 g/mol. The molecule has 1 rings (SSSR count). The molecule has 0 radical (unpaired) electrons. The number of hydrogen-bond acceptors (Lipinski definition) is 1. The molecule has 0 aliphatic rings. The lowest BCUT2D eigenvalue weighted by Gasteiger charge is -1.97. The largest absolute Gasteiger partial charge is 0.762 e. The van der Waals surface area contributed by atoms with Crippen LogP contribution in [-0.4, -0.2) is 5.87 Å². The first-order chi connectivity index (χ1) is 5.77. The molecule has 0 aliphatic heterocycles. The van der Waals surface area contributed by atoms with Crippen LogP contribution in [0.15, 0.2) is 24.3 Å². The second-order valence-corrected chi connectivity index (χ2v) is 2.46. The molecule has 0 heterocycles. The van der Waals surface area contributed by atoms with Crippen molar-refractivity contribution in [3.8, 4) is 6.07 Å². The lowest BCUT2D eigenvalue weighted by atomic mass is 10.1. The fourth-order valence-corrected chi connectivity index (χ4v) is 0.874. The van der Waals surface area contributed by atoms with Gasteiger partial charge < -0.3 is 5.41 Å². The zero-order chi connectivity index (χ0) is 8.97. The highest BCUT2D eigenvalue weighted by atomic mass is 14.3. The molecule has 0 aliphatic carbocycles. The Morgan fingerprint density at radius 1 is 1.33 bits per heavy atom. The molecule has 0 atom stereocenters. The predicted octanol–water partition coefficient (Wildman–Crippen LogP) is 2.14. The van der Waals surface area contributed by atoms with E-state index in [-0.39, 0.29) is 5.57 Å². The molecule has 1 aromatic carbocycles. The third kappa shape index (κ3) is 1.60. The number of rotatable bonds is 1. The van der Waals surface area contributed by atoms with Gasteiger partial charge in [0.2, 0.25) is 0 Å². The van der Waals surface area contributed by atoms with Crippen molar-refractivity contribution >= 4 is 11.4 Å². The van der Waals surface area contributed by atoms with Crippen molar-refractivity contribution < 1.29 is 0 Å². The van der Waals surface area contributed by atoms with Gasteiger partial charge in [0.25, 0.3) is 0 Å². The fourth-order valence-electron chi connectivity index (χ4n) is 0.874. The topological polar surface area (TPSA) is 46.1 Å². The molecule has 2 heteroatoms. The Morgan fingerprint density at radius 3 is 2.33 bits per heavy atom. The highest BCUT2D eigenvalue weighted by molar-refractivity contribution is 5.98. The number of nitrogens with zero attached hydrogens (tertiary/aromatic N) is 2. The molecule has 1 aromatic rings. The van der Waals surface area contributed by atoms with E-state index in [0.717, 1.165) is 5.56 Å². The van der Waals surface area contributed by atoms with Crippen molar-refractivity contribution in [3.63, 3.8) is 0 Å². The maximum Gasteiger partial charge on any atom is 0.106 e. The van der Waals surface area contributed by atoms with Crippen molar-refractivity contribution in [2.24, 2.45) is 0 Å². The second kappa shape index (κ2) is 3.52. The molecule has 12 heavy (non-hydrogen) atoms. The molecule has 58 valence electrons. The van der Waals surface area contributed by atoms with E-state index in [2.05, 4.69) is 0 Å². The molecule has 0 bridgehead atoms. The SMILES string of the molecule is Cc1ccc(C(=C=[N-])C#N)cc1. The van der Waals surface area contributed by atoms with Crippen molar-refractivity contribution in [1.82, 2.24) is 0 Å². The Balaban J connectivity index is 3.15. The third-order valence-electron chi connectivity index (χ3n) is 1.56. The third-order valence-corrected chi connectivity index (χ3v) is 1.56. The molecule has 0 saturated carbocycles. The lowest BCUT2D eigenvalue weighted by molar-refractivity contribution is 1.45. The Bertz CT molecular complexity index is 362. The van der Waals surface area contributed by atoms with Gasteiger partial charge in [-0.3, -0.25) is 0 Å². The van der Waals surface area contributed by atoms with Gasteiger partial charge in [-0.1, -0.05) is 29.8 Å². The quantitative estimate of drug-likeness (QED) is 0.452. The fraction of sp³-hybridized carbons (Fsp3) is 0.100. The summed E-state index contributed by atoms with van der Waals surface area (Å²) in [5.74, 6) is 1.84. The van der Waals surface area contributed by atoms with Crippen molar-refractivity contribution in [2.45, 2.75) is 6.92 Å². The van der Waals surface area contributed by atoms with Gasteiger partial charge in [0, 0.05) is 0 Å². The maximum absolute atomic E-state index is 8.54. The van der Waals surface area contributed by atoms with Crippen LogP contribution < -0.4 is 0 Å². The number of aryl methyl sites for hydroxylation is 1. The molecule has 0 fully saturated rings. The van der Waals surface area contributed by atoms with E-state index < -0.39 is 0 Å². The predicted molar refractivity (Wildman–Crippen MR) is 48.6 cm³/mol. The summed E-state index contributed by atoms with van der Waals surface area (Å²) in [7, 11) is 0. The van der Waals surface area contributed by atoms with E-state index in [1.54, 1.807) is 12.1 Å². The Morgan fingerprint density at radius 2 is 1.92 bits per heavy atom. The van der Waals surface area contributed by atoms with Gasteiger partial charge in [-0.25, -0.2) is 5.87 Å². The van der Waals surface area contributed by atoms with Crippen LogP contribution in [-0.2, 0) is 0 Å². The van der Waals surface area contributed by atoms with E-state index in [0.29, 0.717) is 5.56 Å². The first-order valence-electron chi connectivity index (χ1n) is 3.52. The van der Waals surface area contributed by atoms with Gasteiger partial charge in [0.1, 0.15) is 6.07 Å². The molecular weight excluding hydrogens is 148 g/mol. The number of nitriles is 1. The van der Waals surface area contributed by atoms with Crippen LogP contribution in [0.1, 0.15) is 11.1 Å². The van der Waals surface area contributed by atoms with E-state index in [1.807, 2.05) is 31.0 Å². The summed E-state index contributed by atoms with van der Waals surface area (Å²) in [6, 6.07) is 9.15. The van der Waals surface area contributed by atoms with Gasteiger partial charge in [-0.15, -0.1) is 0 Å². The van der Waals surface area contributed by atoms with E-state index in [4.69, 9.17) is 10.7 Å². The van der Waals surface area contributed by atoms with Crippen LogP contribution in [0.25, 0.3) is 11.0 Å². The molecule has 0 saturated heterocycles. The van der Waals surface area contributed by atoms with Gasteiger partial charge in [-0.2, -0.15) is 5.26 Å². The molecule has 2 nitrogen and oxygen atoms in total. The van der Waals surface area contributed by atoms with Crippen molar-refractivity contribution in [1.29, 1.82) is 5.26 Å². The number of benzene rings is 1. The van der Waals surface area contributed by atoms with Crippen molar-refractivity contribution in [3.05, 3.63) is 40.8 Å². The summed E-state index contributed by atoms with van der Waals surface area (Å²) >= 11 is 0. The summed E-state index contributed by atoms with van der Waals surface area (Å²) in [5, 5.41) is 17.1. The Hall–Kier alpha value is -1.84. The Labute approximate surface area is 71.3 Å². The summed E-state index contributed by atoms with van der Waals surface area (Å²) < 4.78 is 0. The summed E-state index contributed by atoms with van der Waals surface area (Å²) in [4.78, 5) is 0. The van der Waals surface area contributed by atoms with Crippen molar-refractivity contribution in [2.75, 3.05) is 0 Å². The van der Waals surface area contributed by atoms with Crippen LogP contribution in [0, 0.1) is 18.3 Å². The smallest absolute Gasteiger partial charge is 0.106 e. The highest BCUT2D eigenvalue weighted by Crippen LogP contribution is 2.10. The number of hydrogen-bond donors (Lipinski definition) is 0. The van der Waals surface area contributed by atoms with Crippen LogP contribution in [0.3, 0.4) is 0 Å². The average Bonchev–Trinajstić information content (AvgIpc) is 2.10. The molecule has 0 N–H and O–H groups in total. The minimum absolute atomic E-state index is 0.162. The summed E-state index contributed by atoms with van der Waals surface area (Å²) in [6.45, 7) is 1.96. The number of allylic oxidation sites excluding steroid dienone is 1. The molecule has 0 aromatic heterocycles. The Kier molecular flexibility index (Phi) is 2.42. The molecule has 0 spiro atoms. The first-order valence-corrected chi connectivity index (χ1v) is 3.52. The summed E-state index contributed by atoms with van der Waals surface area (Å²) in [6.07, 6.45) is 0. The van der Waals surface area contributed by atoms with Gasteiger partial charge in [0.15, 0.2) is 0 Å². The first kappa shape index (κ1) is 8.26. The van der Waals surface area contributed by atoms with Gasteiger partial charge in [0.05, 0.1) is 5.57 Å². The lowest BCUT2D eigenvalue weighted by Crippen LogP contribution is -1.81. The maximum atomic E-state index is 8.54. The van der Waals surface area contributed by atoms with Crippen LogP contribution >= 0.6 is 0 Å². The van der Waals surface area contributed by atoms with Gasteiger partial charge >= 0.3 is 0 Å². The van der Waals surface area contributed by atoms with Crippen LogP contribution in [0.4, 0.5) is 0 Å². The molecule has 0 unspecified atom stereocenters. The normalized spacial score (nSPS) is 8.33. The second-order valence-electron chi connectivity index (χ2n) is 2.46. The van der Waals surface area contributed by atoms with Crippen LogP contribution in [0.5, 0.6) is 0 Å². The summed E-state index contributed by atoms with van der Waals surface area (Å²) in [5.41, 5.74) is 1.97. The molecule has 0 amide bonds. The molecular formula is C10H7N2-. The van der Waals surface area contributed by atoms with Crippen LogP contribution in [0.2, 0.25) is 0 Å². The standard InChI is InChI=1S/C10H7N2/c1-8-2-4-9(5-3-8)10(6-11)7-12/h2-5H,1H3/q-1. The zero-order valence-corrected chi connectivity index (χ0v) is 6.70. The zero-order valence-electron chi connectivity index (χ0n) is 6.70. The minimum atomic E-state index is 0.162. The monoisotopic (exact) mass is 155 g/mol.